The van der Waals surface area contributed by atoms with Crippen molar-refractivity contribution >= 4 is 15.9 Å². The van der Waals surface area contributed by atoms with Crippen molar-refractivity contribution in [2.45, 2.75) is 38.1 Å². The van der Waals surface area contributed by atoms with Gasteiger partial charge in [0.2, 0.25) is 15.9 Å². The summed E-state index contributed by atoms with van der Waals surface area (Å²) < 4.78 is 58.5. The van der Waals surface area contributed by atoms with Gasteiger partial charge in [-0.1, -0.05) is 11.2 Å². The van der Waals surface area contributed by atoms with Crippen LogP contribution in [0.5, 0.6) is 0 Å². The zero-order valence-corrected chi connectivity index (χ0v) is 17.3. The summed E-state index contributed by atoms with van der Waals surface area (Å²) in [5, 5.41) is 3.70. The standard InChI is InChI=1S/C19H23F2N3O4S/c1-12-18(13(2)28-22-12)29(26,27)24-8-6-15(7-9-24)19(25)23(3)11-14-4-5-16(20)17(21)10-14/h4-5,10,15H,6-9,11H2,1-3H3. The smallest absolute Gasteiger partial charge is 0.248 e. The molecule has 3 rings (SSSR count). The molecule has 0 atom stereocenters. The molecule has 1 aromatic carbocycles. The molecule has 0 saturated carbocycles. The van der Waals surface area contributed by atoms with E-state index in [4.69, 9.17) is 4.52 Å². The molecule has 0 spiro atoms. The van der Waals surface area contributed by atoms with Crippen LogP contribution in [-0.2, 0) is 21.4 Å². The average molecular weight is 427 g/mol. The third-order valence-electron chi connectivity index (χ3n) is 5.15. The maximum absolute atomic E-state index is 13.4. The zero-order valence-electron chi connectivity index (χ0n) is 16.5. The Morgan fingerprint density at radius 1 is 1.24 bits per heavy atom. The summed E-state index contributed by atoms with van der Waals surface area (Å²) in [5.41, 5.74) is 0.796. The van der Waals surface area contributed by atoms with Gasteiger partial charge >= 0.3 is 0 Å². The van der Waals surface area contributed by atoms with Gasteiger partial charge in [-0.3, -0.25) is 4.79 Å². The van der Waals surface area contributed by atoms with Crippen LogP contribution in [0, 0.1) is 31.4 Å². The number of halogens is 2. The van der Waals surface area contributed by atoms with Crippen LogP contribution in [-0.4, -0.2) is 48.8 Å². The topological polar surface area (TPSA) is 83.7 Å². The number of aryl methyl sites for hydroxylation is 2. The Labute approximate surface area is 168 Å². The Hall–Kier alpha value is -2.33. The molecule has 0 bridgehead atoms. The van der Waals surface area contributed by atoms with E-state index in [0.717, 1.165) is 12.1 Å². The molecule has 0 aliphatic carbocycles. The third-order valence-corrected chi connectivity index (χ3v) is 7.29. The van der Waals surface area contributed by atoms with E-state index in [9.17, 15) is 22.0 Å². The second-order valence-corrected chi connectivity index (χ2v) is 9.15. The number of carbonyl (C=O) groups excluding carboxylic acids is 1. The number of hydrogen-bond donors (Lipinski definition) is 0. The number of nitrogens with zero attached hydrogens (tertiary/aromatic N) is 3. The summed E-state index contributed by atoms with van der Waals surface area (Å²) in [6, 6.07) is 3.53. The van der Waals surface area contributed by atoms with Crippen molar-refractivity contribution in [1.29, 1.82) is 0 Å². The van der Waals surface area contributed by atoms with Crippen molar-refractivity contribution in [3.05, 3.63) is 46.9 Å². The van der Waals surface area contributed by atoms with E-state index >= 15 is 0 Å². The Morgan fingerprint density at radius 3 is 2.45 bits per heavy atom. The molecule has 0 N–H and O–H groups in total. The minimum atomic E-state index is -3.73. The minimum Gasteiger partial charge on any atom is -0.360 e. The fourth-order valence-corrected chi connectivity index (χ4v) is 5.38. The molecular formula is C19H23F2N3O4S. The Kier molecular flexibility index (Phi) is 6.04. The first-order valence-electron chi connectivity index (χ1n) is 9.23. The van der Waals surface area contributed by atoms with Crippen LogP contribution in [0.4, 0.5) is 8.78 Å². The predicted molar refractivity (Wildman–Crippen MR) is 100 cm³/mol. The summed E-state index contributed by atoms with van der Waals surface area (Å²) in [6.07, 6.45) is 0.757. The van der Waals surface area contributed by atoms with Gasteiger partial charge in [0.05, 0.1) is 0 Å². The highest BCUT2D eigenvalue weighted by Crippen LogP contribution is 2.28. The number of hydrogen-bond acceptors (Lipinski definition) is 5. The zero-order chi connectivity index (χ0) is 21.3. The molecular weight excluding hydrogens is 404 g/mol. The first-order chi connectivity index (χ1) is 13.6. The van der Waals surface area contributed by atoms with Crippen molar-refractivity contribution in [3.63, 3.8) is 0 Å². The van der Waals surface area contributed by atoms with Crippen molar-refractivity contribution in [3.8, 4) is 0 Å². The molecule has 158 valence electrons. The van der Waals surface area contributed by atoms with E-state index in [1.165, 1.54) is 15.3 Å². The number of carbonyl (C=O) groups is 1. The van der Waals surface area contributed by atoms with Gasteiger partial charge < -0.3 is 9.42 Å². The van der Waals surface area contributed by atoms with Gasteiger partial charge in [-0.2, -0.15) is 4.31 Å². The second kappa shape index (κ2) is 8.19. The highest BCUT2D eigenvalue weighted by atomic mass is 32.2. The maximum Gasteiger partial charge on any atom is 0.248 e. The number of amides is 1. The van der Waals surface area contributed by atoms with Crippen molar-refractivity contribution in [2.24, 2.45) is 5.92 Å². The monoisotopic (exact) mass is 427 g/mol. The Morgan fingerprint density at radius 2 is 1.90 bits per heavy atom. The Balaban J connectivity index is 1.62. The molecule has 1 fully saturated rings. The van der Waals surface area contributed by atoms with E-state index in [-0.39, 0.29) is 42.1 Å². The van der Waals surface area contributed by atoms with Gasteiger partial charge in [0.15, 0.2) is 17.4 Å². The molecule has 29 heavy (non-hydrogen) atoms. The molecule has 1 aliphatic heterocycles. The molecule has 7 nitrogen and oxygen atoms in total. The summed E-state index contributed by atoms with van der Waals surface area (Å²) in [4.78, 5) is 14.2. The number of rotatable bonds is 5. The largest absolute Gasteiger partial charge is 0.360 e. The summed E-state index contributed by atoms with van der Waals surface area (Å²) in [7, 11) is -2.14. The number of sulfonamides is 1. The molecule has 0 unspecified atom stereocenters. The van der Waals surface area contributed by atoms with Crippen LogP contribution in [0.25, 0.3) is 0 Å². The minimum absolute atomic E-state index is 0.0812. The molecule has 10 heteroatoms. The van der Waals surface area contributed by atoms with E-state index in [1.807, 2.05) is 0 Å². The van der Waals surface area contributed by atoms with Crippen molar-refractivity contribution in [1.82, 2.24) is 14.4 Å². The van der Waals surface area contributed by atoms with Crippen LogP contribution in [0.2, 0.25) is 0 Å². The molecule has 1 amide bonds. The van der Waals surface area contributed by atoms with Gasteiger partial charge in [-0.15, -0.1) is 0 Å². The molecule has 1 saturated heterocycles. The average Bonchev–Trinajstić information content (AvgIpc) is 3.03. The molecule has 0 radical (unpaired) electrons. The first-order valence-corrected chi connectivity index (χ1v) is 10.7. The van der Waals surface area contributed by atoms with Crippen molar-refractivity contribution in [2.75, 3.05) is 20.1 Å². The lowest BCUT2D eigenvalue weighted by molar-refractivity contribution is -0.135. The maximum atomic E-state index is 13.4. The van der Waals surface area contributed by atoms with Crippen LogP contribution in [0.3, 0.4) is 0 Å². The highest BCUT2D eigenvalue weighted by Gasteiger charge is 2.36. The van der Waals surface area contributed by atoms with Gasteiger partial charge in [-0.25, -0.2) is 17.2 Å². The summed E-state index contributed by atoms with van der Waals surface area (Å²) in [6.45, 7) is 3.70. The normalized spacial score (nSPS) is 16.2. The lowest BCUT2D eigenvalue weighted by atomic mass is 9.96. The van der Waals surface area contributed by atoms with Gasteiger partial charge in [0.1, 0.15) is 10.6 Å². The third kappa shape index (κ3) is 4.32. The highest BCUT2D eigenvalue weighted by molar-refractivity contribution is 7.89. The number of piperidine rings is 1. The van der Waals surface area contributed by atoms with E-state index in [2.05, 4.69) is 5.16 Å². The first kappa shape index (κ1) is 21.4. The van der Waals surface area contributed by atoms with E-state index < -0.39 is 21.7 Å². The predicted octanol–water partition coefficient (Wildman–Crippen LogP) is 2.63. The van der Waals surface area contributed by atoms with Crippen LogP contribution in [0.15, 0.2) is 27.6 Å². The lowest BCUT2D eigenvalue weighted by Crippen LogP contribution is -2.43. The number of aromatic nitrogens is 1. The quantitative estimate of drug-likeness (QED) is 0.733. The summed E-state index contributed by atoms with van der Waals surface area (Å²) in [5.74, 6) is -2.13. The fraction of sp³-hybridized carbons (Fsp3) is 0.474. The lowest BCUT2D eigenvalue weighted by Gasteiger charge is -2.32. The second-order valence-electron chi connectivity index (χ2n) is 7.27. The SMILES string of the molecule is Cc1noc(C)c1S(=O)(=O)N1CCC(C(=O)N(C)Cc2ccc(F)c(F)c2)CC1. The molecule has 2 heterocycles. The van der Waals surface area contributed by atoms with Crippen LogP contribution >= 0.6 is 0 Å². The Bertz CT molecular complexity index is 995. The van der Waals surface area contributed by atoms with Crippen LogP contribution in [0.1, 0.15) is 29.9 Å². The molecule has 2 aromatic rings. The molecule has 1 aromatic heterocycles. The van der Waals surface area contributed by atoms with E-state index in [1.54, 1.807) is 20.9 Å². The fourth-order valence-electron chi connectivity index (χ4n) is 3.62. The van der Waals surface area contributed by atoms with Gasteiger partial charge in [-0.05, 0) is 44.4 Å². The van der Waals surface area contributed by atoms with Gasteiger partial charge in [0, 0.05) is 32.6 Å². The molecule has 1 aliphatic rings. The summed E-state index contributed by atoms with van der Waals surface area (Å²) >= 11 is 0. The van der Waals surface area contributed by atoms with Gasteiger partial charge in [0.25, 0.3) is 0 Å². The van der Waals surface area contributed by atoms with Crippen molar-refractivity contribution < 1.29 is 26.5 Å². The number of benzene rings is 1. The van der Waals surface area contributed by atoms with Crippen LogP contribution < -0.4 is 0 Å². The van der Waals surface area contributed by atoms with E-state index in [0.29, 0.717) is 24.1 Å².